The first-order chi connectivity index (χ1) is 12.4. The third kappa shape index (κ3) is 4.87. The van der Waals surface area contributed by atoms with Crippen LogP contribution < -0.4 is 10.6 Å². The second-order valence-electron chi connectivity index (χ2n) is 5.50. The van der Waals surface area contributed by atoms with Gasteiger partial charge in [0.15, 0.2) is 5.78 Å². The summed E-state index contributed by atoms with van der Waals surface area (Å²) in [5.41, 5.74) is 1.28. The number of carbonyl (C=O) groups excluding carboxylic acids is 2. The topological polar surface area (TPSA) is 111 Å². The number of rotatable bonds is 8. The van der Waals surface area contributed by atoms with Crippen molar-refractivity contribution in [3.8, 4) is 0 Å². The minimum Gasteiger partial charge on any atom is -0.383 e. The fraction of sp³-hybridized carbons (Fsp3) is 0.222. The van der Waals surface area contributed by atoms with Gasteiger partial charge in [0.1, 0.15) is 0 Å². The van der Waals surface area contributed by atoms with Crippen molar-refractivity contribution in [3.63, 3.8) is 0 Å². The summed E-state index contributed by atoms with van der Waals surface area (Å²) in [6.07, 6.45) is 0. The summed E-state index contributed by atoms with van der Waals surface area (Å²) in [4.78, 5) is 34.6. The lowest BCUT2D eigenvalue weighted by Gasteiger charge is -2.12. The number of Topliss-reactive ketones (excluding diaryl/α,β-unsaturated/α-hetero) is 1. The standard InChI is InChI=1S/C18H19N3O5/c1-12(22)13-4-3-5-14(10-13)20-18(23)16-11-15(21(24)25)6-7-17(16)19-8-9-26-2/h3-7,10-11,19H,8-9H2,1-2H3,(H,20,23). The normalized spacial score (nSPS) is 10.2. The first-order valence-electron chi connectivity index (χ1n) is 7.86. The highest BCUT2D eigenvalue weighted by Crippen LogP contribution is 2.23. The Bertz CT molecular complexity index is 835. The minimum atomic E-state index is -0.563. The molecule has 2 N–H and O–H groups in total. The van der Waals surface area contributed by atoms with E-state index in [2.05, 4.69) is 10.6 Å². The van der Waals surface area contributed by atoms with Gasteiger partial charge in [-0.15, -0.1) is 0 Å². The van der Waals surface area contributed by atoms with E-state index >= 15 is 0 Å². The first kappa shape index (κ1) is 19.1. The molecule has 8 nitrogen and oxygen atoms in total. The van der Waals surface area contributed by atoms with E-state index in [-0.39, 0.29) is 17.0 Å². The Morgan fingerprint density at radius 3 is 2.62 bits per heavy atom. The maximum atomic E-state index is 12.6. The molecule has 0 aliphatic carbocycles. The zero-order valence-electron chi connectivity index (χ0n) is 14.4. The molecular weight excluding hydrogens is 338 g/mol. The van der Waals surface area contributed by atoms with E-state index in [1.54, 1.807) is 31.4 Å². The number of ether oxygens (including phenoxy) is 1. The number of nitro benzene ring substituents is 1. The Hall–Kier alpha value is -3.26. The molecule has 8 heteroatoms. The van der Waals surface area contributed by atoms with E-state index in [9.17, 15) is 19.7 Å². The lowest BCUT2D eigenvalue weighted by molar-refractivity contribution is -0.384. The van der Waals surface area contributed by atoms with Gasteiger partial charge in [-0.3, -0.25) is 19.7 Å². The molecule has 0 bridgehead atoms. The summed E-state index contributed by atoms with van der Waals surface area (Å²) < 4.78 is 4.95. The van der Waals surface area contributed by atoms with Crippen molar-refractivity contribution in [1.29, 1.82) is 0 Å². The molecule has 2 rings (SSSR count). The number of methoxy groups -OCH3 is 1. The number of carbonyl (C=O) groups is 2. The number of nitrogens with one attached hydrogen (secondary N) is 2. The van der Waals surface area contributed by atoms with E-state index in [0.29, 0.717) is 30.1 Å². The molecule has 2 aromatic carbocycles. The maximum Gasteiger partial charge on any atom is 0.270 e. The average Bonchev–Trinajstić information content (AvgIpc) is 2.62. The van der Waals surface area contributed by atoms with E-state index in [1.807, 2.05) is 0 Å². The van der Waals surface area contributed by atoms with Crippen LogP contribution in [0.4, 0.5) is 17.1 Å². The van der Waals surface area contributed by atoms with Crippen LogP contribution in [-0.4, -0.2) is 36.9 Å². The molecule has 26 heavy (non-hydrogen) atoms. The summed E-state index contributed by atoms with van der Waals surface area (Å²) in [6, 6.07) is 10.5. The summed E-state index contributed by atoms with van der Waals surface area (Å²) in [6.45, 7) is 2.28. The highest BCUT2D eigenvalue weighted by molar-refractivity contribution is 6.09. The van der Waals surface area contributed by atoms with E-state index in [4.69, 9.17) is 4.74 Å². The van der Waals surface area contributed by atoms with E-state index in [1.165, 1.54) is 25.1 Å². The zero-order chi connectivity index (χ0) is 19.1. The molecule has 136 valence electrons. The third-order valence-corrected chi connectivity index (χ3v) is 3.61. The van der Waals surface area contributed by atoms with Crippen molar-refractivity contribution in [2.75, 3.05) is 30.9 Å². The number of amides is 1. The molecule has 0 saturated heterocycles. The van der Waals surface area contributed by atoms with Gasteiger partial charge in [0.05, 0.1) is 17.1 Å². The molecule has 2 aromatic rings. The minimum absolute atomic E-state index is 0.127. The molecule has 1 amide bonds. The van der Waals surface area contributed by atoms with Crippen LogP contribution in [0, 0.1) is 10.1 Å². The van der Waals surface area contributed by atoms with Crippen LogP contribution in [0.1, 0.15) is 27.6 Å². The van der Waals surface area contributed by atoms with Crippen LogP contribution in [0.15, 0.2) is 42.5 Å². The molecule has 0 aromatic heterocycles. The van der Waals surface area contributed by atoms with Crippen molar-refractivity contribution in [1.82, 2.24) is 0 Å². The van der Waals surface area contributed by atoms with Gasteiger partial charge in [-0.05, 0) is 25.1 Å². The molecule has 0 radical (unpaired) electrons. The van der Waals surface area contributed by atoms with E-state index in [0.717, 1.165) is 0 Å². The van der Waals surface area contributed by atoms with Crippen molar-refractivity contribution in [3.05, 3.63) is 63.7 Å². The molecule has 0 spiro atoms. The van der Waals surface area contributed by atoms with Crippen LogP contribution in [-0.2, 0) is 4.74 Å². The molecule has 0 heterocycles. The molecular formula is C18H19N3O5. The molecule has 0 fully saturated rings. The summed E-state index contributed by atoms with van der Waals surface area (Å²) in [7, 11) is 1.55. The SMILES string of the molecule is COCCNc1ccc([N+](=O)[O-])cc1C(=O)Nc1cccc(C(C)=O)c1. The summed E-state index contributed by atoms with van der Waals surface area (Å²) in [5.74, 6) is -0.646. The Labute approximate surface area is 150 Å². The lowest BCUT2D eigenvalue weighted by Crippen LogP contribution is -2.17. The highest BCUT2D eigenvalue weighted by atomic mass is 16.6. The second-order valence-corrected chi connectivity index (χ2v) is 5.50. The molecule has 0 atom stereocenters. The van der Waals surface area contributed by atoms with Gasteiger partial charge >= 0.3 is 0 Å². The highest BCUT2D eigenvalue weighted by Gasteiger charge is 2.17. The van der Waals surface area contributed by atoms with Gasteiger partial charge in [0.25, 0.3) is 11.6 Å². The van der Waals surface area contributed by atoms with Crippen molar-refractivity contribution in [2.45, 2.75) is 6.92 Å². The zero-order valence-corrected chi connectivity index (χ0v) is 14.4. The van der Waals surface area contributed by atoms with Crippen LogP contribution in [0.25, 0.3) is 0 Å². The van der Waals surface area contributed by atoms with E-state index < -0.39 is 10.8 Å². The quantitative estimate of drug-likeness (QED) is 0.325. The molecule has 0 aliphatic heterocycles. The van der Waals surface area contributed by atoms with Crippen molar-refractivity contribution < 1.29 is 19.2 Å². The fourth-order valence-electron chi connectivity index (χ4n) is 2.29. The number of hydrogen-bond acceptors (Lipinski definition) is 6. The van der Waals surface area contributed by atoms with Crippen molar-refractivity contribution >= 4 is 28.8 Å². The van der Waals surface area contributed by atoms with Gasteiger partial charge in [-0.2, -0.15) is 0 Å². The predicted octanol–water partition coefficient (Wildman–Crippen LogP) is 3.11. The number of nitrogens with zero attached hydrogens (tertiary/aromatic N) is 1. The van der Waals surface area contributed by atoms with Gasteiger partial charge in [-0.25, -0.2) is 0 Å². The maximum absolute atomic E-state index is 12.6. The largest absolute Gasteiger partial charge is 0.383 e. The second kappa shape index (κ2) is 8.72. The van der Waals surface area contributed by atoms with Crippen molar-refractivity contribution in [2.24, 2.45) is 0 Å². The van der Waals surface area contributed by atoms with Gasteiger partial charge in [-0.1, -0.05) is 12.1 Å². The van der Waals surface area contributed by atoms with Gasteiger partial charge in [0, 0.05) is 42.7 Å². The molecule has 0 unspecified atom stereocenters. The fourth-order valence-corrected chi connectivity index (χ4v) is 2.29. The van der Waals surface area contributed by atoms with Gasteiger partial charge < -0.3 is 15.4 Å². The Morgan fingerprint density at radius 1 is 1.19 bits per heavy atom. The lowest BCUT2D eigenvalue weighted by atomic mass is 10.1. The number of nitro groups is 1. The summed E-state index contributed by atoms with van der Waals surface area (Å²) >= 11 is 0. The monoisotopic (exact) mass is 357 g/mol. The number of benzene rings is 2. The first-order valence-corrected chi connectivity index (χ1v) is 7.86. The number of non-ortho nitro benzene ring substituents is 1. The Balaban J connectivity index is 2.30. The summed E-state index contributed by atoms with van der Waals surface area (Å²) in [5, 5.41) is 16.7. The Kier molecular flexibility index (Phi) is 6.40. The number of anilines is 2. The number of ketones is 1. The van der Waals surface area contributed by atoms with Crippen LogP contribution in [0.2, 0.25) is 0 Å². The third-order valence-electron chi connectivity index (χ3n) is 3.61. The molecule has 0 aliphatic rings. The average molecular weight is 357 g/mol. The Morgan fingerprint density at radius 2 is 1.96 bits per heavy atom. The van der Waals surface area contributed by atoms with Crippen LogP contribution >= 0.6 is 0 Å². The smallest absolute Gasteiger partial charge is 0.270 e. The predicted molar refractivity (Wildman–Crippen MR) is 97.9 cm³/mol. The van der Waals surface area contributed by atoms with Gasteiger partial charge in [0.2, 0.25) is 0 Å². The van der Waals surface area contributed by atoms with Crippen LogP contribution in [0.3, 0.4) is 0 Å². The number of hydrogen-bond donors (Lipinski definition) is 2. The van der Waals surface area contributed by atoms with Crippen LogP contribution in [0.5, 0.6) is 0 Å². The molecule has 0 saturated carbocycles.